The van der Waals surface area contributed by atoms with Crippen LogP contribution < -0.4 is 11.1 Å². The normalized spacial score (nSPS) is 18.1. The summed E-state index contributed by atoms with van der Waals surface area (Å²) in [7, 11) is 0. The third kappa shape index (κ3) is 3.42. The van der Waals surface area contributed by atoms with Gasteiger partial charge in [0.25, 0.3) is 0 Å². The molecule has 2 heterocycles. The van der Waals surface area contributed by atoms with Gasteiger partial charge in [0.05, 0.1) is 11.6 Å². The van der Waals surface area contributed by atoms with Crippen LogP contribution in [0.25, 0.3) is 11.1 Å². The van der Waals surface area contributed by atoms with Gasteiger partial charge in [0.2, 0.25) is 0 Å². The molecule has 0 saturated carbocycles. The standard InChI is InChI=1S/C21H24N4O/c1-13(17-6-5-15(9-22)8-20(17)26)14(2)18-11-25-12-19(21(18)23)16-4-3-7-24-10-16/h5-6,8,11-12,16,24,26H,3-4,7,10H2,1-2H3,(H2,23,25)/b14-13+/t16-/m0/s1. The predicted octanol–water partition coefficient (Wildman–Crippen LogP) is 3.66. The van der Waals surface area contributed by atoms with Gasteiger partial charge in [-0.3, -0.25) is 4.98 Å². The minimum atomic E-state index is 0.0973. The van der Waals surface area contributed by atoms with Crippen LogP contribution in [0.2, 0.25) is 0 Å². The van der Waals surface area contributed by atoms with Crippen LogP contribution in [0.15, 0.2) is 30.6 Å². The smallest absolute Gasteiger partial charge is 0.124 e. The zero-order valence-corrected chi connectivity index (χ0v) is 15.2. The Bertz CT molecular complexity index is 889. The predicted molar refractivity (Wildman–Crippen MR) is 104 cm³/mol. The molecule has 134 valence electrons. The van der Waals surface area contributed by atoms with E-state index in [2.05, 4.69) is 10.3 Å². The number of piperidine rings is 1. The number of benzene rings is 1. The van der Waals surface area contributed by atoms with E-state index in [1.54, 1.807) is 18.3 Å². The van der Waals surface area contributed by atoms with Gasteiger partial charge in [-0.25, -0.2) is 0 Å². The highest BCUT2D eigenvalue weighted by Gasteiger charge is 2.20. The molecular weight excluding hydrogens is 324 g/mol. The third-order valence-corrected chi connectivity index (χ3v) is 5.25. The molecule has 1 saturated heterocycles. The van der Waals surface area contributed by atoms with E-state index in [-0.39, 0.29) is 5.75 Å². The molecule has 1 aromatic heterocycles. The Morgan fingerprint density at radius 3 is 2.69 bits per heavy atom. The number of phenolic OH excluding ortho intramolecular Hbond substituents is 1. The van der Waals surface area contributed by atoms with E-state index < -0.39 is 0 Å². The molecule has 0 amide bonds. The lowest BCUT2D eigenvalue weighted by atomic mass is 9.88. The van der Waals surface area contributed by atoms with Gasteiger partial charge in [-0.15, -0.1) is 0 Å². The number of nitriles is 1. The lowest BCUT2D eigenvalue weighted by Gasteiger charge is -2.25. The molecule has 0 unspecified atom stereocenters. The average Bonchev–Trinajstić information content (AvgIpc) is 2.67. The fourth-order valence-electron chi connectivity index (χ4n) is 3.55. The highest BCUT2D eigenvalue weighted by Crippen LogP contribution is 2.36. The fourth-order valence-corrected chi connectivity index (χ4v) is 3.55. The van der Waals surface area contributed by atoms with Crippen molar-refractivity contribution in [2.45, 2.75) is 32.6 Å². The summed E-state index contributed by atoms with van der Waals surface area (Å²) in [5, 5.41) is 22.7. The summed E-state index contributed by atoms with van der Waals surface area (Å²) in [4.78, 5) is 4.42. The third-order valence-electron chi connectivity index (χ3n) is 5.25. The molecule has 1 fully saturated rings. The molecule has 1 aliphatic heterocycles. The van der Waals surface area contributed by atoms with Crippen LogP contribution in [0.5, 0.6) is 5.75 Å². The summed E-state index contributed by atoms with van der Waals surface area (Å²) < 4.78 is 0. The van der Waals surface area contributed by atoms with Gasteiger partial charge in [0.15, 0.2) is 0 Å². The number of nitrogens with two attached hydrogens (primary N) is 1. The van der Waals surface area contributed by atoms with E-state index >= 15 is 0 Å². The van der Waals surface area contributed by atoms with E-state index in [0.29, 0.717) is 17.0 Å². The minimum absolute atomic E-state index is 0.0973. The van der Waals surface area contributed by atoms with E-state index in [0.717, 1.165) is 53.9 Å². The average molecular weight is 348 g/mol. The van der Waals surface area contributed by atoms with Crippen molar-refractivity contribution in [1.29, 1.82) is 5.26 Å². The van der Waals surface area contributed by atoms with Crippen LogP contribution in [0, 0.1) is 11.3 Å². The molecule has 2 aromatic rings. The van der Waals surface area contributed by atoms with Crippen LogP contribution in [0.4, 0.5) is 5.69 Å². The molecule has 0 radical (unpaired) electrons. The van der Waals surface area contributed by atoms with E-state index in [4.69, 9.17) is 11.0 Å². The number of aromatic hydroxyl groups is 1. The van der Waals surface area contributed by atoms with Gasteiger partial charge in [0, 0.05) is 35.8 Å². The first kappa shape index (κ1) is 18.0. The molecule has 3 rings (SSSR count). The first-order valence-corrected chi connectivity index (χ1v) is 8.88. The zero-order chi connectivity index (χ0) is 18.7. The van der Waals surface area contributed by atoms with Crippen molar-refractivity contribution >= 4 is 16.8 Å². The maximum atomic E-state index is 10.3. The molecule has 0 aliphatic carbocycles. The van der Waals surface area contributed by atoms with Crippen molar-refractivity contribution in [3.8, 4) is 11.8 Å². The maximum absolute atomic E-state index is 10.3. The fraction of sp³-hybridized carbons (Fsp3) is 0.333. The molecule has 5 heteroatoms. The first-order chi connectivity index (χ1) is 12.5. The van der Waals surface area contributed by atoms with Crippen LogP contribution in [-0.4, -0.2) is 23.2 Å². The van der Waals surface area contributed by atoms with E-state index in [1.165, 1.54) is 6.07 Å². The molecule has 1 atom stereocenters. The maximum Gasteiger partial charge on any atom is 0.124 e. The summed E-state index contributed by atoms with van der Waals surface area (Å²) in [6.07, 6.45) is 5.91. The van der Waals surface area contributed by atoms with Gasteiger partial charge in [-0.2, -0.15) is 5.26 Å². The lowest BCUT2D eigenvalue weighted by Crippen LogP contribution is -2.29. The number of rotatable bonds is 3. The molecule has 0 spiro atoms. The number of nitrogens with zero attached hydrogens (tertiary/aromatic N) is 2. The number of aromatic nitrogens is 1. The lowest BCUT2D eigenvalue weighted by molar-refractivity contribution is 0.461. The Hall–Kier alpha value is -2.84. The van der Waals surface area contributed by atoms with Gasteiger partial charge >= 0.3 is 0 Å². The summed E-state index contributed by atoms with van der Waals surface area (Å²) in [5.41, 5.74) is 12.3. The van der Waals surface area contributed by atoms with Gasteiger partial charge < -0.3 is 16.2 Å². The molecule has 4 N–H and O–H groups in total. The van der Waals surface area contributed by atoms with Crippen molar-refractivity contribution in [1.82, 2.24) is 10.3 Å². The number of nitrogen functional groups attached to an aromatic ring is 1. The molecule has 1 aromatic carbocycles. The van der Waals surface area contributed by atoms with Crippen molar-refractivity contribution < 1.29 is 5.11 Å². The molecule has 26 heavy (non-hydrogen) atoms. The van der Waals surface area contributed by atoms with E-state index in [1.807, 2.05) is 26.1 Å². The number of pyridine rings is 1. The summed E-state index contributed by atoms with van der Waals surface area (Å²) >= 11 is 0. The Kier molecular flexibility index (Phi) is 5.24. The monoisotopic (exact) mass is 348 g/mol. The second-order valence-corrected chi connectivity index (χ2v) is 6.83. The Morgan fingerprint density at radius 2 is 2.04 bits per heavy atom. The van der Waals surface area contributed by atoms with E-state index in [9.17, 15) is 5.11 Å². The van der Waals surface area contributed by atoms with Gasteiger partial charge in [-0.05, 0) is 74.1 Å². The minimum Gasteiger partial charge on any atom is -0.507 e. The Labute approximate surface area is 154 Å². The first-order valence-electron chi connectivity index (χ1n) is 8.88. The second kappa shape index (κ2) is 7.59. The van der Waals surface area contributed by atoms with Crippen molar-refractivity contribution in [2.24, 2.45) is 0 Å². The number of phenols is 1. The number of nitrogens with one attached hydrogen (secondary N) is 1. The van der Waals surface area contributed by atoms with Crippen LogP contribution in [-0.2, 0) is 0 Å². The van der Waals surface area contributed by atoms with Crippen molar-refractivity contribution in [3.63, 3.8) is 0 Å². The summed E-state index contributed by atoms with van der Waals surface area (Å²) in [6, 6.07) is 6.99. The molecular formula is C21H24N4O. The summed E-state index contributed by atoms with van der Waals surface area (Å²) in [6.45, 7) is 5.92. The number of hydrogen-bond donors (Lipinski definition) is 3. The molecule has 5 nitrogen and oxygen atoms in total. The number of anilines is 1. The number of allylic oxidation sites excluding steroid dienone is 2. The van der Waals surface area contributed by atoms with Gasteiger partial charge in [0.1, 0.15) is 5.75 Å². The van der Waals surface area contributed by atoms with Crippen LogP contribution in [0.1, 0.15) is 54.9 Å². The van der Waals surface area contributed by atoms with Crippen LogP contribution >= 0.6 is 0 Å². The largest absolute Gasteiger partial charge is 0.507 e. The molecule has 0 bridgehead atoms. The highest BCUT2D eigenvalue weighted by molar-refractivity contribution is 5.93. The van der Waals surface area contributed by atoms with Crippen molar-refractivity contribution in [3.05, 3.63) is 52.8 Å². The van der Waals surface area contributed by atoms with Crippen LogP contribution in [0.3, 0.4) is 0 Å². The Morgan fingerprint density at radius 1 is 1.27 bits per heavy atom. The topological polar surface area (TPSA) is 95.0 Å². The highest BCUT2D eigenvalue weighted by atomic mass is 16.3. The SMILES string of the molecule is C/C(=C(/C)c1cncc([C@H]2CCCNC2)c1N)c1ccc(C#N)cc1O. The summed E-state index contributed by atoms with van der Waals surface area (Å²) in [5.74, 6) is 0.479. The Balaban J connectivity index is 2.02. The quantitative estimate of drug-likeness (QED) is 0.787. The number of hydrogen-bond acceptors (Lipinski definition) is 5. The van der Waals surface area contributed by atoms with Gasteiger partial charge in [-0.1, -0.05) is 0 Å². The molecule has 1 aliphatic rings. The zero-order valence-electron chi connectivity index (χ0n) is 15.2. The van der Waals surface area contributed by atoms with Crippen molar-refractivity contribution in [2.75, 3.05) is 18.8 Å². The second-order valence-electron chi connectivity index (χ2n) is 6.83.